The van der Waals surface area contributed by atoms with E-state index in [1.807, 2.05) is 24.3 Å². The number of amides is 1. The molecule has 6 heteroatoms. The van der Waals surface area contributed by atoms with Crippen LogP contribution in [0.3, 0.4) is 0 Å². The van der Waals surface area contributed by atoms with Gasteiger partial charge in [-0.05, 0) is 31.0 Å². The maximum absolute atomic E-state index is 12.8. The van der Waals surface area contributed by atoms with Crippen LogP contribution in [0.15, 0.2) is 48.5 Å². The molecule has 1 aliphatic heterocycles. The number of rotatable bonds is 2. The molecule has 0 saturated carbocycles. The van der Waals surface area contributed by atoms with Gasteiger partial charge in [-0.15, -0.1) is 0 Å². The largest absolute Gasteiger partial charge is 0.388 e. The van der Waals surface area contributed by atoms with E-state index in [-0.39, 0.29) is 11.6 Å². The van der Waals surface area contributed by atoms with E-state index in [4.69, 9.17) is 0 Å². The van der Waals surface area contributed by atoms with E-state index in [0.29, 0.717) is 30.6 Å². The molecule has 1 amide bonds. The molecule has 1 aliphatic rings. The van der Waals surface area contributed by atoms with Crippen LogP contribution in [0.4, 0.5) is 11.4 Å². The fourth-order valence-electron chi connectivity index (χ4n) is 2.83. The second kappa shape index (κ2) is 6.18. The van der Waals surface area contributed by atoms with E-state index in [0.717, 1.165) is 5.56 Å². The second-order valence-electron chi connectivity index (χ2n) is 5.48. The summed E-state index contributed by atoms with van der Waals surface area (Å²) in [5.74, 6) is -0.221. The molecular weight excluding hydrogens is 296 g/mol. The molecule has 0 aromatic heterocycles. The van der Waals surface area contributed by atoms with Gasteiger partial charge in [-0.3, -0.25) is 14.9 Å². The number of nitro groups is 1. The molecule has 23 heavy (non-hydrogen) atoms. The standard InChI is InChI=1S/C17H16N2O4/c20-16-6-3-11-18(15-5-2-1-4-14(15)16)17(21)12-7-9-13(10-8-12)19(22)23/h1-2,4-5,7-10,16,20H,3,6,11H2. The Morgan fingerprint density at radius 2 is 1.87 bits per heavy atom. The van der Waals surface area contributed by atoms with Gasteiger partial charge >= 0.3 is 0 Å². The molecule has 3 rings (SSSR count). The number of benzene rings is 2. The van der Waals surface area contributed by atoms with Crippen LogP contribution < -0.4 is 4.90 Å². The molecule has 0 aliphatic carbocycles. The molecule has 2 aromatic carbocycles. The van der Waals surface area contributed by atoms with Gasteiger partial charge in [0, 0.05) is 35.5 Å². The van der Waals surface area contributed by atoms with Crippen LogP contribution in [0.25, 0.3) is 0 Å². The number of para-hydroxylation sites is 1. The zero-order chi connectivity index (χ0) is 16.4. The Morgan fingerprint density at radius 3 is 2.57 bits per heavy atom. The van der Waals surface area contributed by atoms with Gasteiger partial charge in [0.1, 0.15) is 0 Å². The molecule has 6 nitrogen and oxygen atoms in total. The van der Waals surface area contributed by atoms with Crippen LogP contribution in [-0.2, 0) is 0 Å². The average Bonchev–Trinajstić information content (AvgIpc) is 2.74. The highest BCUT2D eigenvalue weighted by Crippen LogP contribution is 2.33. The highest BCUT2D eigenvalue weighted by molar-refractivity contribution is 6.06. The maximum atomic E-state index is 12.8. The van der Waals surface area contributed by atoms with Crippen LogP contribution in [0.1, 0.15) is 34.9 Å². The van der Waals surface area contributed by atoms with Gasteiger partial charge in [0.2, 0.25) is 0 Å². The molecule has 0 bridgehead atoms. The van der Waals surface area contributed by atoms with Crippen LogP contribution in [0.2, 0.25) is 0 Å². The van der Waals surface area contributed by atoms with E-state index in [1.165, 1.54) is 24.3 Å². The molecule has 1 heterocycles. The number of aliphatic hydroxyl groups is 1. The Hall–Kier alpha value is -2.73. The average molecular weight is 312 g/mol. The molecule has 0 spiro atoms. The zero-order valence-corrected chi connectivity index (χ0v) is 12.4. The SMILES string of the molecule is O=C(c1ccc([N+](=O)[O-])cc1)N1CCCC(O)c2ccccc21. The van der Waals surface area contributed by atoms with Crippen LogP contribution in [0.5, 0.6) is 0 Å². The first-order valence-electron chi connectivity index (χ1n) is 7.41. The summed E-state index contributed by atoms with van der Waals surface area (Å²) in [6, 6.07) is 12.9. The Morgan fingerprint density at radius 1 is 1.17 bits per heavy atom. The van der Waals surface area contributed by atoms with Crippen LogP contribution in [0, 0.1) is 10.1 Å². The normalized spacial score (nSPS) is 17.3. The van der Waals surface area contributed by atoms with Crippen molar-refractivity contribution in [2.75, 3.05) is 11.4 Å². The summed E-state index contributed by atoms with van der Waals surface area (Å²) in [7, 11) is 0. The highest BCUT2D eigenvalue weighted by atomic mass is 16.6. The number of anilines is 1. The van der Waals surface area contributed by atoms with Crippen molar-refractivity contribution in [3.8, 4) is 0 Å². The zero-order valence-electron chi connectivity index (χ0n) is 12.4. The smallest absolute Gasteiger partial charge is 0.269 e. The lowest BCUT2D eigenvalue weighted by Gasteiger charge is -2.23. The summed E-state index contributed by atoms with van der Waals surface area (Å²) in [4.78, 5) is 24.6. The number of fused-ring (bicyclic) bond motifs is 1. The van der Waals surface area contributed by atoms with Crippen molar-refractivity contribution in [3.63, 3.8) is 0 Å². The lowest BCUT2D eigenvalue weighted by atomic mass is 10.0. The van der Waals surface area contributed by atoms with Crippen molar-refractivity contribution in [3.05, 3.63) is 69.8 Å². The highest BCUT2D eigenvalue weighted by Gasteiger charge is 2.26. The lowest BCUT2D eigenvalue weighted by molar-refractivity contribution is -0.384. The minimum absolute atomic E-state index is 0.0479. The first kappa shape index (κ1) is 15.2. The van der Waals surface area contributed by atoms with Gasteiger partial charge in [-0.2, -0.15) is 0 Å². The lowest BCUT2D eigenvalue weighted by Crippen LogP contribution is -2.31. The van der Waals surface area contributed by atoms with Crippen LogP contribution >= 0.6 is 0 Å². The fraction of sp³-hybridized carbons (Fsp3) is 0.235. The summed E-state index contributed by atoms with van der Waals surface area (Å²) in [5.41, 5.74) is 1.77. The maximum Gasteiger partial charge on any atom is 0.269 e. The predicted molar refractivity (Wildman–Crippen MR) is 85.4 cm³/mol. The van der Waals surface area contributed by atoms with Gasteiger partial charge < -0.3 is 10.0 Å². The van der Waals surface area contributed by atoms with Crippen molar-refractivity contribution < 1.29 is 14.8 Å². The Balaban J connectivity index is 1.95. The quantitative estimate of drug-likeness (QED) is 0.682. The number of aliphatic hydroxyl groups excluding tert-OH is 1. The summed E-state index contributed by atoms with van der Waals surface area (Å²) in [6.07, 6.45) is 0.705. The number of carbonyl (C=O) groups excluding carboxylic acids is 1. The van der Waals surface area contributed by atoms with Crippen molar-refractivity contribution in [1.29, 1.82) is 0 Å². The number of hydrogen-bond acceptors (Lipinski definition) is 4. The van der Waals surface area contributed by atoms with Crippen LogP contribution in [-0.4, -0.2) is 22.5 Å². The molecular formula is C17H16N2O4. The minimum atomic E-state index is -0.583. The number of nitrogens with zero attached hydrogens (tertiary/aromatic N) is 2. The summed E-state index contributed by atoms with van der Waals surface area (Å²) < 4.78 is 0. The van der Waals surface area contributed by atoms with E-state index in [1.54, 1.807) is 4.90 Å². The molecule has 0 radical (unpaired) electrons. The van der Waals surface area contributed by atoms with Crippen molar-refractivity contribution >= 4 is 17.3 Å². The van der Waals surface area contributed by atoms with E-state index < -0.39 is 11.0 Å². The molecule has 1 unspecified atom stereocenters. The Labute approximate surface area is 133 Å². The Bertz CT molecular complexity index is 743. The van der Waals surface area contributed by atoms with E-state index >= 15 is 0 Å². The first-order chi connectivity index (χ1) is 11.1. The van der Waals surface area contributed by atoms with Crippen molar-refractivity contribution in [2.24, 2.45) is 0 Å². The second-order valence-corrected chi connectivity index (χ2v) is 5.48. The third-order valence-electron chi connectivity index (χ3n) is 4.02. The predicted octanol–water partition coefficient (Wildman–Crippen LogP) is 3.07. The number of non-ortho nitro benzene ring substituents is 1. The van der Waals surface area contributed by atoms with E-state index in [2.05, 4.69) is 0 Å². The summed E-state index contributed by atoms with van der Waals surface area (Å²) >= 11 is 0. The summed E-state index contributed by atoms with van der Waals surface area (Å²) in [5, 5.41) is 20.9. The van der Waals surface area contributed by atoms with Gasteiger partial charge in [-0.25, -0.2) is 0 Å². The summed E-state index contributed by atoms with van der Waals surface area (Å²) in [6.45, 7) is 0.504. The topological polar surface area (TPSA) is 83.7 Å². The van der Waals surface area contributed by atoms with Crippen molar-refractivity contribution in [2.45, 2.75) is 18.9 Å². The Kier molecular flexibility index (Phi) is 4.08. The number of nitro benzene ring substituents is 1. The number of hydrogen-bond donors (Lipinski definition) is 1. The van der Waals surface area contributed by atoms with E-state index in [9.17, 15) is 20.0 Å². The van der Waals surface area contributed by atoms with Gasteiger partial charge in [0.05, 0.1) is 11.0 Å². The molecule has 2 aromatic rings. The third-order valence-corrected chi connectivity index (χ3v) is 4.02. The van der Waals surface area contributed by atoms with Gasteiger partial charge in [0.25, 0.3) is 11.6 Å². The molecule has 0 fully saturated rings. The monoisotopic (exact) mass is 312 g/mol. The molecule has 0 saturated heterocycles. The molecule has 1 N–H and O–H groups in total. The third kappa shape index (κ3) is 2.93. The first-order valence-corrected chi connectivity index (χ1v) is 7.41. The molecule has 118 valence electrons. The van der Waals surface area contributed by atoms with Crippen molar-refractivity contribution in [1.82, 2.24) is 0 Å². The van der Waals surface area contributed by atoms with Gasteiger partial charge in [0.15, 0.2) is 0 Å². The fourth-order valence-corrected chi connectivity index (χ4v) is 2.83. The molecule has 1 atom stereocenters. The minimum Gasteiger partial charge on any atom is -0.388 e. The van der Waals surface area contributed by atoms with Gasteiger partial charge in [-0.1, -0.05) is 18.2 Å². The number of carbonyl (C=O) groups is 1.